The molecular formula is C26H32N2O3. The second-order valence-corrected chi connectivity index (χ2v) is 8.19. The average Bonchev–Trinajstić information content (AvgIpc) is 3.23. The van der Waals surface area contributed by atoms with Crippen LogP contribution in [-0.4, -0.2) is 24.5 Å². The fourth-order valence-corrected chi connectivity index (χ4v) is 3.41. The Balaban J connectivity index is 1.69. The number of hydrogen-bond acceptors (Lipinski definition) is 4. The number of furan rings is 1. The number of amides is 1. The molecule has 2 aromatic carbocycles. The molecule has 0 aliphatic rings. The van der Waals surface area contributed by atoms with Gasteiger partial charge in [-0.05, 0) is 47.7 Å². The number of carbonyl (C=O) groups excluding carboxylic acids is 1. The summed E-state index contributed by atoms with van der Waals surface area (Å²) >= 11 is 0. The molecule has 1 N–H and O–H groups in total. The molecule has 1 amide bonds. The quantitative estimate of drug-likeness (QED) is 0.459. The van der Waals surface area contributed by atoms with Crippen molar-refractivity contribution >= 4 is 5.91 Å². The first kappa shape index (κ1) is 22.6. The van der Waals surface area contributed by atoms with Crippen LogP contribution in [0.4, 0.5) is 0 Å². The van der Waals surface area contributed by atoms with Crippen molar-refractivity contribution in [2.24, 2.45) is 5.92 Å². The minimum atomic E-state index is -0.158. The van der Waals surface area contributed by atoms with E-state index in [1.807, 2.05) is 42.5 Å². The fourth-order valence-electron chi connectivity index (χ4n) is 3.41. The summed E-state index contributed by atoms with van der Waals surface area (Å²) in [6, 6.07) is 22.1. The molecule has 0 spiro atoms. The third-order valence-electron chi connectivity index (χ3n) is 5.06. The van der Waals surface area contributed by atoms with E-state index < -0.39 is 0 Å². The lowest BCUT2D eigenvalue weighted by atomic mass is 10.1. The number of hydrogen-bond donors (Lipinski definition) is 1. The van der Waals surface area contributed by atoms with E-state index in [1.165, 1.54) is 5.56 Å². The van der Waals surface area contributed by atoms with Gasteiger partial charge in [-0.25, -0.2) is 0 Å². The van der Waals surface area contributed by atoms with Gasteiger partial charge in [-0.1, -0.05) is 56.3 Å². The Labute approximate surface area is 185 Å². The molecule has 0 saturated heterocycles. The maximum atomic E-state index is 12.3. The molecule has 0 aliphatic carbocycles. The molecule has 0 fully saturated rings. The van der Waals surface area contributed by atoms with Gasteiger partial charge in [0.15, 0.2) is 5.76 Å². The molecule has 0 saturated carbocycles. The van der Waals surface area contributed by atoms with Crippen LogP contribution in [-0.2, 0) is 19.6 Å². The van der Waals surface area contributed by atoms with Crippen molar-refractivity contribution in [3.8, 4) is 5.75 Å². The van der Waals surface area contributed by atoms with Gasteiger partial charge in [-0.2, -0.15) is 0 Å². The molecule has 0 unspecified atom stereocenters. The van der Waals surface area contributed by atoms with Crippen LogP contribution in [0.1, 0.15) is 47.7 Å². The van der Waals surface area contributed by atoms with Crippen molar-refractivity contribution in [3.05, 3.63) is 89.4 Å². The standard InChI is InChI=1S/C26H32N2O3/c1-20(2)14-15-27-26(29)25-13-12-24(31-25)19-28(17-21-8-5-4-6-9-21)18-22-10-7-11-23(16-22)30-3/h4-13,16,20H,14-15,17-19H2,1-3H3,(H,27,29). The Morgan fingerprint density at radius 3 is 2.45 bits per heavy atom. The molecule has 5 heteroatoms. The highest BCUT2D eigenvalue weighted by molar-refractivity contribution is 5.91. The molecule has 0 atom stereocenters. The molecule has 1 aromatic heterocycles. The summed E-state index contributed by atoms with van der Waals surface area (Å²) in [5.74, 6) is 2.37. The first-order valence-electron chi connectivity index (χ1n) is 10.8. The lowest BCUT2D eigenvalue weighted by Crippen LogP contribution is -2.25. The van der Waals surface area contributed by atoms with Gasteiger partial charge in [0.2, 0.25) is 0 Å². The zero-order valence-electron chi connectivity index (χ0n) is 18.6. The highest BCUT2D eigenvalue weighted by Crippen LogP contribution is 2.19. The van der Waals surface area contributed by atoms with Crippen molar-refractivity contribution in [1.82, 2.24) is 10.2 Å². The molecule has 0 aliphatic heterocycles. The van der Waals surface area contributed by atoms with E-state index in [2.05, 4.69) is 42.3 Å². The molecular weight excluding hydrogens is 388 g/mol. The lowest BCUT2D eigenvalue weighted by molar-refractivity contribution is 0.0919. The predicted molar refractivity (Wildman–Crippen MR) is 123 cm³/mol. The van der Waals surface area contributed by atoms with Gasteiger partial charge in [-0.15, -0.1) is 0 Å². The van der Waals surface area contributed by atoms with Gasteiger partial charge < -0.3 is 14.5 Å². The smallest absolute Gasteiger partial charge is 0.286 e. The SMILES string of the molecule is COc1cccc(CN(Cc2ccccc2)Cc2ccc(C(=O)NCCC(C)C)o2)c1. The van der Waals surface area contributed by atoms with Gasteiger partial charge in [0.25, 0.3) is 5.91 Å². The zero-order chi connectivity index (χ0) is 22.1. The summed E-state index contributed by atoms with van der Waals surface area (Å²) in [4.78, 5) is 14.6. The van der Waals surface area contributed by atoms with Crippen LogP contribution in [0.3, 0.4) is 0 Å². The number of nitrogens with one attached hydrogen (secondary N) is 1. The van der Waals surface area contributed by atoms with E-state index in [1.54, 1.807) is 13.2 Å². The summed E-state index contributed by atoms with van der Waals surface area (Å²) in [6.45, 7) is 7.05. The molecule has 3 aromatic rings. The number of methoxy groups -OCH3 is 1. The normalized spacial score (nSPS) is 11.1. The van der Waals surface area contributed by atoms with Gasteiger partial charge in [0.1, 0.15) is 11.5 Å². The van der Waals surface area contributed by atoms with E-state index in [4.69, 9.17) is 9.15 Å². The first-order valence-corrected chi connectivity index (χ1v) is 10.8. The van der Waals surface area contributed by atoms with E-state index in [0.717, 1.165) is 36.6 Å². The largest absolute Gasteiger partial charge is 0.497 e. The Bertz CT molecular complexity index is 950. The van der Waals surface area contributed by atoms with Crippen LogP contribution in [0.2, 0.25) is 0 Å². The monoisotopic (exact) mass is 420 g/mol. The van der Waals surface area contributed by atoms with Crippen molar-refractivity contribution in [2.75, 3.05) is 13.7 Å². The third kappa shape index (κ3) is 7.30. The summed E-state index contributed by atoms with van der Waals surface area (Å²) in [5.41, 5.74) is 2.39. The third-order valence-corrected chi connectivity index (χ3v) is 5.06. The van der Waals surface area contributed by atoms with Crippen molar-refractivity contribution < 1.29 is 13.9 Å². The topological polar surface area (TPSA) is 54.7 Å². The molecule has 5 nitrogen and oxygen atoms in total. The zero-order valence-corrected chi connectivity index (χ0v) is 18.6. The molecule has 0 bridgehead atoms. The molecule has 3 rings (SSSR count). The van der Waals surface area contributed by atoms with Crippen LogP contribution in [0.5, 0.6) is 5.75 Å². The van der Waals surface area contributed by atoms with Crippen LogP contribution in [0.15, 0.2) is 71.1 Å². The Morgan fingerprint density at radius 2 is 1.71 bits per heavy atom. The molecule has 0 radical (unpaired) electrons. The van der Waals surface area contributed by atoms with Gasteiger partial charge in [0.05, 0.1) is 13.7 Å². The van der Waals surface area contributed by atoms with E-state index in [-0.39, 0.29) is 5.91 Å². The molecule has 31 heavy (non-hydrogen) atoms. The van der Waals surface area contributed by atoms with E-state index >= 15 is 0 Å². The summed E-state index contributed by atoms with van der Waals surface area (Å²) < 4.78 is 11.2. The highest BCUT2D eigenvalue weighted by Gasteiger charge is 2.15. The highest BCUT2D eigenvalue weighted by atomic mass is 16.5. The second kappa shape index (κ2) is 11.4. The maximum absolute atomic E-state index is 12.3. The molecule has 164 valence electrons. The number of rotatable bonds is 11. The van der Waals surface area contributed by atoms with Gasteiger partial charge >= 0.3 is 0 Å². The number of benzene rings is 2. The van der Waals surface area contributed by atoms with Gasteiger partial charge in [-0.3, -0.25) is 9.69 Å². The molecule has 1 heterocycles. The summed E-state index contributed by atoms with van der Waals surface area (Å²) in [7, 11) is 1.68. The lowest BCUT2D eigenvalue weighted by Gasteiger charge is -2.22. The van der Waals surface area contributed by atoms with E-state index in [9.17, 15) is 4.79 Å². The van der Waals surface area contributed by atoms with E-state index in [0.29, 0.717) is 24.8 Å². The average molecular weight is 421 g/mol. The maximum Gasteiger partial charge on any atom is 0.286 e. The fraction of sp³-hybridized carbons (Fsp3) is 0.346. The van der Waals surface area contributed by atoms with Crippen LogP contribution in [0, 0.1) is 5.92 Å². The minimum Gasteiger partial charge on any atom is -0.497 e. The van der Waals surface area contributed by atoms with Crippen molar-refractivity contribution in [3.63, 3.8) is 0 Å². The number of nitrogens with zero attached hydrogens (tertiary/aromatic N) is 1. The van der Waals surface area contributed by atoms with Crippen molar-refractivity contribution in [1.29, 1.82) is 0 Å². The number of ether oxygens (including phenoxy) is 1. The first-order chi connectivity index (χ1) is 15.0. The Hall–Kier alpha value is -3.05. The Morgan fingerprint density at radius 1 is 0.968 bits per heavy atom. The summed E-state index contributed by atoms with van der Waals surface area (Å²) in [5, 5.41) is 2.93. The number of carbonyl (C=O) groups is 1. The summed E-state index contributed by atoms with van der Waals surface area (Å²) in [6.07, 6.45) is 0.949. The van der Waals surface area contributed by atoms with Crippen LogP contribution >= 0.6 is 0 Å². The Kier molecular flexibility index (Phi) is 8.30. The minimum absolute atomic E-state index is 0.158. The van der Waals surface area contributed by atoms with Gasteiger partial charge in [0, 0.05) is 19.6 Å². The van der Waals surface area contributed by atoms with Crippen LogP contribution < -0.4 is 10.1 Å². The predicted octanol–water partition coefficient (Wildman–Crippen LogP) is 5.27. The van der Waals surface area contributed by atoms with Crippen molar-refractivity contribution in [2.45, 2.75) is 39.9 Å². The van der Waals surface area contributed by atoms with Crippen LogP contribution in [0.25, 0.3) is 0 Å². The second-order valence-electron chi connectivity index (χ2n) is 8.19.